The van der Waals surface area contributed by atoms with E-state index in [4.69, 9.17) is 4.74 Å². The number of carbonyl (C=O) groups is 1. The standard InChI is InChI=1S/C16H30N2O4S/c1-4-14-9-18(10-15(14)17-5-7-22-8-6-17)16(19)12-23(20,21)11-13(2)3/h13-15H,4-12H2,1-3H3/t14-,15+/m1/s1. The molecule has 0 N–H and O–H groups in total. The third-order valence-corrected chi connectivity index (χ3v) is 6.59. The van der Waals surface area contributed by atoms with E-state index in [9.17, 15) is 13.2 Å². The molecule has 1 amide bonds. The lowest BCUT2D eigenvalue weighted by molar-refractivity contribution is -0.127. The highest BCUT2D eigenvalue weighted by Crippen LogP contribution is 2.26. The third-order valence-electron chi connectivity index (χ3n) is 4.73. The van der Waals surface area contributed by atoms with Crippen LogP contribution in [0.3, 0.4) is 0 Å². The first-order valence-corrected chi connectivity index (χ1v) is 10.4. The fraction of sp³-hybridized carbons (Fsp3) is 0.938. The van der Waals surface area contributed by atoms with E-state index >= 15 is 0 Å². The Morgan fingerprint density at radius 1 is 1.22 bits per heavy atom. The van der Waals surface area contributed by atoms with E-state index in [1.54, 1.807) is 4.90 Å². The van der Waals surface area contributed by atoms with E-state index in [1.807, 2.05) is 13.8 Å². The van der Waals surface area contributed by atoms with Gasteiger partial charge in [0, 0.05) is 32.2 Å². The van der Waals surface area contributed by atoms with Gasteiger partial charge in [-0.1, -0.05) is 27.2 Å². The molecule has 134 valence electrons. The highest BCUT2D eigenvalue weighted by atomic mass is 32.2. The molecule has 2 aliphatic rings. The maximum absolute atomic E-state index is 12.4. The minimum Gasteiger partial charge on any atom is -0.379 e. The zero-order valence-corrected chi connectivity index (χ0v) is 15.3. The second-order valence-corrected chi connectivity index (χ2v) is 9.24. The molecule has 0 aliphatic carbocycles. The maximum atomic E-state index is 12.4. The van der Waals surface area contributed by atoms with Crippen molar-refractivity contribution in [1.29, 1.82) is 0 Å². The fourth-order valence-electron chi connectivity index (χ4n) is 3.63. The molecule has 0 unspecified atom stereocenters. The molecular weight excluding hydrogens is 316 g/mol. The van der Waals surface area contributed by atoms with Gasteiger partial charge < -0.3 is 9.64 Å². The van der Waals surface area contributed by atoms with Gasteiger partial charge in [-0.15, -0.1) is 0 Å². The Labute approximate surface area is 140 Å². The van der Waals surface area contributed by atoms with Gasteiger partial charge in [-0.25, -0.2) is 8.42 Å². The minimum absolute atomic E-state index is 0.0517. The molecule has 0 radical (unpaired) electrons. The van der Waals surface area contributed by atoms with Crippen molar-refractivity contribution in [1.82, 2.24) is 9.80 Å². The van der Waals surface area contributed by atoms with Gasteiger partial charge in [0.05, 0.1) is 19.0 Å². The van der Waals surface area contributed by atoms with Crippen molar-refractivity contribution in [2.45, 2.75) is 33.2 Å². The summed E-state index contributed by atoms with van der Waals surface area (Å²) in [4.78, 5) is 16.6. The molecule has 0 bridgehead atoms. The molecule has 0 aromatic carbocycles. The summed E-state index contributed by atoms with van der Waals surface area (Å²) >= 11 is 0. The molecular formula is C16H30N2O4S. The van der Waals surface area contributed by atoms with Gasteiger partial charge in [0.1, 0.15) is 5.75 Å². The maximum Gasteiger partial charge on any atom is 0.237 e. The van der Waals surface area contributed by atoms with Crippen molar-refractivity contribution in [3.05, 3.63) is 0 Å². The number of nitrogens with zero attached hydrogens (tertiary/aromatic N) is 2. The van der Waals surface area contributed by atoms with Crippen molar-refractivity contribution >= 4 is 15.7 Å². The normalized spacial score (nSPS) is 26.9. The van der Waals surface area contributed by atoms with Gasteiger partial charge in [-0.3, -0.25) is 9.69 Å². The molecule has 2 fully saturated rings. The largest absolute Gasteiger partial charge is 0.379 e. The van der Waals surface area contributed by atoms with Gasteiger partial charge in [-0.2, -0.15) is 0 Å². The second-order valence-electron chi connectivity index (χ2n) is 7.13. The average molecular weight is 346 g/mol. The predicted molar refractivity (Wildman–Crippen MR) is 90.0 cm³/mol. The fourth-order valence-corrected chi connectivity index (χ4v) is 5.32. The van der Waals surface area contributed by atoms with Crippen LogP contribution in [0.5, 0.6) is 0 Å². The summed E-state index contributed by atoms with van der Waals surface area (Å²) in [6, 6.07) is 0.334. The summed E-state index contributed by atoms with van der Waals surface area (Å²) in [6.45, 7) is 10.5. The molecule has 2 rings (SSSR count). The van der Waals surface area contributed by atoms with Crippen LogP contribution in [0.15, 0.2) is 0 Å². The molecule has 2 saturated heterocycles. The molecule has 6 nitrogen and oxygen atoms in total. The van der Waals surface area contributed by atoms with Crippen LogP contribution in [-0.2, 0) is 19.4 Å². The van der Waals surface area contributed by atoms with Crippen molar-refractivity contribution in [2.24, 2.45) is 11.8 Å². The topological polar surface area (TPSA) is 66.9 Å². The lowest BCUT2D eigenvalue weighted by atomic mass is 9.99. The monoisotopic (exact) mass is 346 g/mol. The molecule has 7 heteroatoms. The molecule has 2 atom stereocenters. The average Bonchev–Trinajstić information content (AvgIpc) is 2.90. The van der Waals surface area contributed by atoms with Crippen LogP contribution in [0.25, 0.3) is 0 Å². The molecule has 0 saturated carbocycles. The first-order valence-electron chi connectivity index (χ1n) is 8.62. The van der Waals surface area contributed by atoms with Crippen molar-refractivity contribution < 1.29 is 17.9 Å². The lowest BCUT2D eigenvalue weighted by Crippen LogP contribution is -2.47. The van der Waals surface area contributed by atoms with E-state index in [2.05, 4.69) is 11.8 Å². The van der Waals surface area contributed by atoms with Crippen LogP contribution in [0.4, 0.5) is 0 Å². The van der Waals surface area contributed by atoms with Crippen molar-refractivity contribution in [3.63, 3.8) is 0 Å². The molecule has 0 spiro atoms. The quantitative estimate of drug-likeness (QED) is 0.706. The SMILES string of the molecule is CC[C@@H]1CN(C(=O)CS(=O)(=O)CC(C)C)C[C@@H]1N1CCOCC1. The number of morpholine rings is 1. The number of likely N-dealkylation sites (tertiary alicyclic amines) is 1. The van der Waals surface area contributed by atoms with Crippen LogP contribution < -0.4 is 0 Å². The number of sulfone groups is 1. The smallest absolute Gasteiger partial charge is 0.237 e. The first-order chi connectivity index (χ1) is 10.8. The second kappa shape index (κ2) is 7.94. The minimum atomic E-state index is -3.31. The van der Waals surface area contributed by atoms with Crippen molar-refractivity contribution in [2.75, 3.05) is 50.9 Å². The van der Waals surface area contributed by atoms with Gasteiger partial charge in [0.25, 0.3) is 0 Å². The van der Waals surface area contributed by atoms with Crippen LogP contribution >= 0.6 is 0 Å². The molecule has 2 aliphatic heterocycles. The highest BCUT2D eigenvalue weighted by Gasteiger charge is 2.38. The Kier molecular flexibility index (Phi) is 6.45. The number of rotatable bonds is 6. The Balaban J connectivity index is 1.96. The van der Waals surface area contributed by atoms with Crippen LogP contribution in [-0.4, -0.2) is 81.1 Å². The number of carbonyl (C=O) groups excluding carboxylic acids is 1. The summed E-state index contributed by atoms with van der Waals surface area (Å²) in [6.07, 6.45) is 1.00. The highest BCUT2D eigenvalue weighted by molar-refractivity contribution is 7.92. The summed E-state index contributed by atoms with van der Waals surface area (Å²) in [5.41, 5.74) is 0. The van der Waals surface area contributed by atoms with Crippen LogP contribution in [0.1, 0.15) is 27.2 Å². The van der Waals surface area contributed by atoms with E-state index < -0.39 is 9.84 Å². The van der Waals surface area contributed by atoms with E-state index in [1.165, 1.54) is 0 Å². The Morgan fingerprint density at radius 2 is 1.87 bits per heavy atom. The number of ether oxygens (including phenoxy) is 1. The molecule has 0 aromatic rings. The van der Waals surface area contributed by atoms with Crippen molar-refractivity contribution in [3.8, 4) is 0 Å². The zero-order chi connectivity index (χ0) is 17.0. The van der Waals surface area contributed by atoms with Crippen LogP contribution in [0.2, 0.25) is 0 Å². The zero-order valence-electron chi connectivity index (χ0n) is 14.5. The van der Waals surface area contributed by atoms with E-state index in [0.29, 0.717) is 25.0 Å². The summed E-state index contributed by atoms with van der Waals surface area (Å²) in [7, 11) is -3.31. The Morgan fingerprint density at radius 3 is 2.43 bits per heavy atom. The Bertz CT molecular complexity index is 500. The summed E-state index contributed by atoms with van der Waals surface area (Å²) in [5.74, 6) is -0.0331. The molecule has 2 heterocycles. The Hall–Kier alpha value is -0.660. The lowest BCUT2D eigenvalue weighted by Gasteiger charge is -2.34. The van der Waals surface area contributed by atoms with Gasteiger partial charge in [0.2, 0.25) is 5.91 Å². The van der Waals surface area contributed by atoms with E-state index in [-0.39, 0.29) is 23.3 Å². The third kappa shape index (κ3) is 5.16. The van der Waals surface area contributed by atoms with Gasteiger partial charge in [0.15, 0.2) is 9.84 Å². The number of amides is 1. The van der Waals surface area contributed by atoms with Crippen LogP contribution in [0, 0.1) is 11.8 Å². The molecule has 0 aromatic heterocycles. The first kappa shape index (κ1) is 18.7. The van der Waals surface area contributed by atoms with Gasteiger partial charge >= 0.3 is 0 Å². The van der Waals surface area contributed by atoms with Gasteiger partial charge in [-0.05, 0) is 11.8 Å². The number of hydrogen-bond acceptors (Lipinski definition) is 5. The summed E-state index contributed by atoms with van der Waals surface area (Å²) < 4.78 is 29.5. The summed E-state index contributed by atoms with van der Waals surface area (Å²) in [5, 5.41) is 0. The number of hydrogen-bond donors (Lipinski definition) is 0. The van der Waals surface area contributed by atoms with E-state index in [0.717, 1.165) is 32.7 Å². The predicted octanol–water partition coefficient (Wildman–Crippen LogP) is 0.626. The molecule has 23 heavy (non-hydrogen) atoms.